The first kappa shape index (κ1) is 17.0. The molecule has 6 nitrogen and oxygen atoms in total. The first-order chi connectivity index (χ1) is 13.1. The minimum atomic E-state index is -0.274. The number of hydrogen-bond acceptors (Lipinski definition) is 3. The Morgan fingerprint density at radius 3 is 2.63 bits per heavy atom. The first-order valence-corrected chi connectivity index (χ1v) is 8.91. The third-order valence-electron chi connectivity index (χ3n) is 4.88. The van der Waals surface area contributed by atoms with Crippen molar-refractivity contribution in [3.63, 3.8) is 0 Å². The van der Waals surface area contributed by atoms with Crippen LogP contribution >= 0.6 is 0 Å². The van der Waals surface area contributed by atoms with Gasteiger partial charge in [0.15, 0.2) is 0 Å². The molecule has 0 unspecified atom stereocenters. The zero-order valence-electron chi connectivity index (χ0n) is 15.3. The van der Waals surface area contributed by atoms with Crippen LogP contribution in [0.2, 0.25) is 0 Å². The molecule has 0 fully saturated rings. The minimum Gasteiger partial charge on any atom is -0.339 e. The van der Waals surface area contributed by atoms with Gasteiger partial charge in [-0.3, -0.25) is 9.59 Å². The first-order valence-electron chi connectivity index (χ1n) is 8.91. The molecule has 0 atom stereocenters. The number of para-hydroxylation sites is 2. The molecule has 0 aliphatic heterocycles. The van der Waals surface area contributed by atoms with Crippen LogP contribution in [0.25, 0.3) is 21.8 Å². The highest BCUT2D eigenvalue weighted by atomic mass is 16.2. The SMILES string of the molecule is CCc1ccccc1NC(=O)Cn1ncc2c3ccccc3n(C)c2c1=O. The van der Waals surface area contributed by atoms with Crippen molar-refractivity contribution in [1.29, 1.82) is 0 Å². The van der Waals surface area contributed by atoms with Crippen molar-refractivity contribution in [2.45, 2.75) is 19.9 Å². The second-order valence-electron chi connectivity index (χ2n) is 6.50. The molecule has 4 rings (SSSR count). The van der Waals surface area contributed by atoms with Crippen LogP contribution in [0.3, 0.4) is 0 Å². The molecule has 4 aromatic rings. The summed E-state index contributed by atoms with van der Waals surface area (Å²) in [5.41, 5.74) is 3.06. The molecule has 0 bridgehead atoms. The maximum absolute atomic E-state index is 12.9. The highest BCUT2D eigenvalue weighted by molar-refractivity contribution is 6.07. The van der Waals surface area contributed by atoms with Crippen molar-refractivity contribution >= 4 is 33.4 Å². The molecule has 0 aliphatic carbocycles. The molecular weight excluding hydrogens is 340 g/mol. The third kappa shape index (κ3) is 2.89. The number of hydrogen-bond donors (Lipinski definition) is 1. The summed E-state index contributed by atoms with van der Waals surface area (Å²) in [6, 6.07) is 15.5. The maximum Gasteiger partial charge on any atom is 0.291 e. The Morgan fingerprint density at radius 2 is 1.81 bits per heavy atom. The lowest BCUT2D eigenvalue weighted by Crippen LogP contribution is -2.30. The number of amides is 1. The summed E-state index contributed by atoms with van der Waals surface area (Å²) in [7, 11) is 1.86. The number of nitrogens with zero attached hydrogens (tertiary/aromatic N) is 3. The molecule has 0 saturated carbocycles. The van der Waals surface area contributed by atoms with Crippen molar-refractivity contribution in [2.75, 3.05) is 5.32 Å². The third-order valence-corrected chi connectivity index (χ3v) is 4.88. The van der Waals surface area contributed by atoms with Crippen molar-refractivity contribution < 1.29 is 4.79 Å². The maximum atomic E-state index is 12.9. The zero-order chi connectivity index (χ0) is 19.0. The van der Waals surface area contributed by atoms with Gasteiger partial charge in [0, 0.05) is 29.0 Å². The minimum absolute atomic E-state index is 0.131. The Kier molecular flexibility index (Phi) is 4.24. The van der Waals surface area contributed by atoms with Crippen molar-refractivity contribution in [1.82, 2.24) is 14.3 Å². The van der Waals surface area contributed by atoms with Crippen LogP contribution in [0, 0.1) is 0 Å². The summed E-state index contributed by atoms with van der Waals surface area (Å²) < 4.78 is 3.07. The summed E-state index contributed by atoms with van der Waals surface area (Å²) in [6.45, 7) is 1.90. The molecular formula is C21H20N4O2. The van der Waals surface area contributed by atoms with E-state index in [-0.39, 0.29) is 18.0 Å². The molecule has 136 valence electrons. The van der Waals surface area contributed by atoms with Crippen molar-refractivity contribution in [3.05, 3.63) is 70.6 Å². The van der Waals surface area contributed by atoms with Gasteiger partial charge in [-0.05, 0) is 24.1 Å². The summed E-state index contributed by atoms with van der Waals surface area (Å²) in [4.78, 5) is 25.4. The van der Waals surface area contributed by atoms with Gasteiger partial charge in [0.2, 0.25) is 5.91 Å². The molecule has 0 spiro atoms. The van der Waals surface area contributed by atoms with Gasteiger partial charge >= 0.3 is 0 Å². The number of carbonyl (C=O) groups is 1. The van der Waals surface area contributed by atoms with E-state index in [1.807, 2.05) is 67.1 Å². The highest BCUT2D eigenvalue weighted by Gasteiger charge is 2.15. The molecule has 2 heterocycles. The lowest BCUT2D eigenvalue weighted by molar-refractivity contribution is -0.117. The largest absolute Gasteiger partial charge is 0.339 e. The second-order valence-corrected chi connectivity index (χ2v) is 6.50. The Morgan fingerprint density at radius 1 is 1.07 bits per heavy atom. The fourth-order valence-corrected chi connectivity index (χ4v) is 3.50. The lowest BCUT2D eigenvalue weighted by Gasteiger charge is -2.10. The van der Waals surface area contributed by atoms with E-state index in [2.05, 4.69) is 10.4 Å². The van der Waals surface area contributed by atoms with E-state index in [1.54, 1.807) is 6.20 Å². The predicted octanol–water partition coefficient (Wildman–Crippen LogP) is 3.09. The predicted molar refractivity (Wildman–Crippen MR) is 107 cm³/mol. The molecule has 0 aliphatic rings. The van der Waals surface area contributed by atoms with E-state index in [4.69, 9.17) is 0 Å². The van der Waals surface area contributed by atoms with Gasteiger partial charge in [-0.15, -0.1) is 0 Å². The van der Waals surface area contributed by atoms with Gasteiger partial charge in [0.1, 0.15) is 12.1 Å². The van der Waals surface area contributed by atoms with Crippen LogP contribution in [0.15, 0.2) is 59.5 Å². The van der Waals surface area contributed by atoms with E-state index < -0.39 is 0 Å². The molecule has 2 aromatic heterocycles. The number of aromatic nitrogens is 3. The molecule has 6 heteroatoms. The number of rotatable bonds is 4. The Bertz CT molecular complexity index is 1220. The zero-order valence-corrected chi connectivity index (χ0v) is 15.3. The average molecular weight is 360 g/mol. The lowest BCUT2D eigenvalue weighted by atomic mass is 10.1. The van der Waals surface area contributed by atoms with Crippen LogP contribution < -0.4 is 10.9 Å². The number of aryl methyl sites for hydroxylation is 2. The van der Waals surface area contributed by atoms with Crippen LogP contribution in [0.5, 0.6) is 0 Å². The summed E-state index contributed by atoms with van der Waals surface area (Å²) >= 11 is 0. The number of fused-ring (bicyclic) bond motifs is 3. The summed E-state index contributed by atoms with van der Waals surface area (Å²) in [5.74, 6) is -0.274. The van der Waals surface area contributed by atoms with Gasteiger partial charge < -0.3 is 9.88 Å². The quantitative estimate of drug-likeness (QED) is 0.608. The van der Waals surface area contributed by atoms with E-state index in [0.29, 0.717) is 5.52 Å². The number of anilines is 1. The van der Waals surface area contributed by atoms with Gasteiger partial charge in [-0.25, -0.2) is 4.68 Å². The van der Waals surface area contributed by atoms with Crippen LogP contribution in [0.4, 0.5) is 5.69 Å². The molecule has 27 heavy (non-hydrogen) atoms. The fourth-order valence-electron chi connectivity index (χ4n) is 3.50. The van der Waals surface area contributed by atoms with Crippen LogP contribution in [-0.4, -0.2) is 20.3 Å². The second kappa shape index (κ2) is 6.72. The van der Waals surface area contributed by atoms with E-state index >= 15 is 0 Å². The summed E-state index contributed by atoms with van der Waals surface area (Å²) in [6.07, 6.45) is 2.48. The molecule has 2 aromatic carbocycles. The van der Waals surface area contributed by atoms with Crippen LogP contribution in [0.1, 0.15) is 12.5 Å². The molecule has 1 N–H and O–H groups in total. The van der Waals surface area contributed by atoms with Crippen molar-refractivity contribution in [3.8, 4) is 0 Å². The van der Waals surface area contributed by atoms with E-state index in [1.165, 1.54) is 4.68 Å². The Balaban J connectivity index is 1.69. The Hall–Kier alpha value is -3.41. The summed E-state index contributed by atoms with van der Waals surface area (Å²) in [5, 5.41) is 8.88. The smallest absolute Gasteiger partial charge is 0.291 e. The van der Waals surface area contributed by atoms with E-state index in [9.17, 15) is 9.59 Å². The molecule has 0 saturated heterocycles. The molecule has 0 radical (unpaired) electrons. The number of nitrogens with one attached hydrogen (secondary N) is 1. The van der Waals surface area contributed by atoms with Gasteiger partial charge in [0.05, 0.1) is 6.20 Å². The van der Waals surface area contributed by atoms with Gasteiger partial charge in [-0.1, -0.05) is 43.3 Å². The molecule has 1 amide bonds. The van der Waals surface area contributed by atoms with Crippen molar-refractivity contribution in [2.24, 2.45) is 7.05 Å². The van der Waals surface area contributed by atoms with E-state index in [0.717, 1.165) is 34.0 Å². The highest BCUT2D eigenvalue weighted by Crippen LogP contribution is 2.24. The van der Waals surface area contributed by atoms with Gasteiger partial charge in [-0.2, -0.15) is 5.10 Å². The topological polar surface area (TPSA) is 68.9 Å². The Labute approximate surface area is 156 Å². The number of carbonyl (C=O) groups excluding carboxylic acids is 1. The standard InChI is InChI=1S/C21H20N4O2/c1-3-14-8-4-6-10-17(14)23-19(26)13-25-21(27)20-16(12-22-25)15-9-5-7-11-18(15)24(20)2/h4-12H,3,13H2,1-2H3,(H,23,26). The fraction of sp³-hybridized carbons (Fsp3) is 0.190. The van der Waals surface area contributed by atoms with Crippen LogP contribution in [-0.2, 0) is 24.8 Å². The monoisotopic (exact) mass is 360 g/mol. The average Bonchev–Trinajstić information content (AvgIpc) is 2.98. The number of benzene rings is 2. The van der Waals surface area contributed by atoms with Gasteiger partial charge in [0.25, 0.3) is 5.56 Å². The normalized spacial score (nSPS) is 11.2.